The van der Waals surface area contributed by atoms with Gasteiger partial charge in [0.2, 0.25) is 0 Å². The first-order valence-electron chi connectivity index (χ1n) is 1.96. The van der Waals surface area contributed by atoms with E-state index in [4.69, 9.17) is 0 Å². The van der Waals surface area contributed by atoms with Gasteiger partial charge in [0, 0.05) is 6.20 Å². The molecule has 0 aliphatic carbocycles. The summed E-state index contributed by atoms with van der Waals surface area (Å²) in [6.07, 6.45) is 2.03. The van der Waals surface area contributed by atoms with Crippen molar-refractivity contribution in [2.75, 3.05) is 0 Å². The molecule has 0 amide bonds. The Morgan fingerprint density at radius 3 is 2.75 bits per heavy atom. The molecule has 0 saturated heterocycles. The molecule has 1 heterocycles. The highest BCUT2D eigenvalue weighted by Gasteiger charge is 1.90. The molecular formula is C4H3NO2S. The van der Waals surface area contributed by atoms with Crippen LogP contribution in [0.1, 0.15) is 9.67 Å². The maximum atomic E-state index is 10.3. The van der Waals surface area contributed by atoms with Gasteiger partial charge in [0.25, 0.3) is 0 Å². The van der Waals surface area contributed by atoms with Crippen LogP contribution in [0.2, 0.25) is 0 Å². The Hall–Kier alpha value is -0.900. The number of H-pyrrole nitrogens is 1. The van der Waals surface area contributed by atoms with Crippen LogP contribution in [-0.4, -0.2) is 11.3 Å². The molecule has 4 heteroatoms. The van der Waals surface area contributed by atoms with Crippen molar-refractivity contribution in [2.24, 2.45) is 0 Å². The Labute approximate surface area is 49.0 Å². The van der Waals surface area contributed by atoms with Gasteiger partial charge in [-0.05, 0) is 0 Å². The van der Waals surface area contributed by atoms with Crippen molar-refractivity contribution in [3.05, 3.63) is 20.7 Å². The Kier molecular flexibility index (Phi) is 1.26. The van der Waals surface area contributed by atoms with Crippen molar-refractivity contribution in [1.82, 2.24) is 4.98 Å². The van der Waals surface area contributed by atoms with Crippen LogP contribution in [-0.2, 0) is 0 Å². The molecule has 0 radical (unpaired) electrons. The minimum atomic E-state index is -0.188. The smallest absolute Gasteiger partial charge is 0.305 e. The second-order valence-electron chi connectivity index (χ2n) is 1.20. The molecule has 0 aromatic carbocycles. The fourth-order valence-corrected chi connectivity index (χ4v) is 0.852. The lowest BCUT2D eigenvalue weighted by atomic mass is 10.6. The van der Waals surface area contributed by atoms with Gasteiger partial charge in [0.05, 0.1) is 4.88 Å². The summed E-state index contributed by atoms with van der Waals surface area (Å²) in [6.45, 7) is 0. The van der Waals surface area contributed by atoms with E-state index in [9.17, 15) is 9.59 Å². The molecule has 0 aliphatic rings. The molecule has 0 bridgehead atoms. The Balaban J connectivity index is 3.18. The standard InChI is InChI=1S/C4H3NO2S/c6-2-3-1-5-4(7)8-3/h1-2H,(H,5,7). The number of carbonyl (C=O) groups is 1. The van der Waals surface area contributed by atoms with Gasteiger partial charge in [-0.3, -0.25) is 9.59 Å². The molecule has 0 spiro atoms. The molecule has 0 unspecified atom stereocenters. The average Bonchev–Trinajstić information content (AvgIpc) is 2.14. The topological polar surface area (TPSA) is 49.9 Å². The summed E-state index contributed by atoms with van der Waals surface area (Å²) in [4.78, 5) is 22.7. The van der Waals surface area contributed by atoms with Crippen LogP contribution in [0.15, 0.2) is 11.0 Å². The average molecular weight is 129 g/mol. The van der Waals surface area contributed by atoms with Crippen molar-refractivity contribution in [2.45, 2.75) is 0 Å². The molecule has 1 aromatic heterocycles. The third-order valence-corrected chi connectivity index (χ3v) is 1.41. The zero-order valence-electron chi connectivity index (χ0n) is 3.88. The van der Waals surface area contributed by atoms with Crippen LogP contribution in [0.25, 0.3) is 0 Å². The van der Waals surface area contributed by atoms with Crippen molar-refractivity contribution in [3.63, 3.8) is 0 Å². The van der Waals surface area contributed by atoms with Crippen molar-refractivity contribution in [1.29, 1.82) is 0 Å². The predicted octanol–water partition coefficient (Wildman–Crippen LogP) is 0.249. The SMILES string of the molecule is O=Cc1c[nH]c(=O)s1. The molecule has 1 N–H and O–H groups in total. The molecule has 0 fully saturated rings. The van der Waals surface area contributed by atoms with Gasteiger partial charge in [-0.1, -0.05) is 11.3 Å². The Morgan fingerprint density at radius 2 is 2.50 bits per heavy atom. The Morgan fingerprint density at radius 1 is 1.75 bits per heavy atom. The van der Waals surface area contributed by atoms with Crippen LogP contribution in [0.3, 0.4) is 0 Å². The summed E-state index contributed by atoms with van der Waals surface area (Å²) in [6, 6.07) is 0. The minimum Gasteiger partial charge on any atom is -0.319 e. The number of aromatic nitrogens is 1. The lowest BCUT2D eigenvalue weighted by Crippen LogP contribution is -1.88. The van der Waals surface area contributed by atoms with Crippen LogP contribution in [0, 0.1) is 0 Å². The fraction of sp³-hybridized carbons (Fsp3) is 0. The van der Waals surface area contributed by atoms with E-state index < -0.39 is 0 Å². The maximum Gasteiger partial charge on any atom is 0.305 e. The number of nitrogens with one attached hydrogen (secondary N) is 1. The molecule has 1 aromatic rings. The van der Waals surface area contributed by atoms with E-state index in [1.165, 1.54) is 6.20 Å². The number of rotatable bonds is 1. The lowest BCUT2D eigenvalue weighted by Gasteiger charge is -1.63. The summed E-state index contributed by atoms with van der Waals surface area (Å²) in [7, 11) is 0. The minimum absolute atomic E-state index is 0.188. The van der Waals surface area contributed by atoms with Crippen molar-refractivity contribution >= 4 is 17.6 Å². The van der Waals surface area contributed by atoms with E-state index in [-0.39, 0.29) is 4.87 Å². The van der Waals surface area contributed by atoms with E-state index in [1.807, 2.05) is 0 Å². The highest BCUT2D eigenvalue weighted by atomic mass is 32.1. The number of hydrogen-bond donors (Lipinski definition) is 1. The van der Waals surface area contributed by atoms with E-state index in [0.717, 1.165) is 11.3 Å². The van der Waals surface area contributed by atoms with Gasteiger partial charge in [-0.25, -0.2) is 0 Å². The number of carbonyl (C=O) groups excluding carboxylic acids is 1. The third kappa shape index (κ3) is 0.840. The highest BCUT2D eigenvalue weighted by Crippen LogP contribution is 1.92. The van der Waals surface area contributed by atoms with Gasteiger partial charge in [-0.15, -0.1) is 0 Å². The number of thiazole rings is 1. The predicted molar refractivity (Wildman–Crippen MR) is 30.3 cm³/mol. The third-order valence-electron chi connectivity index (χ3n) is 0.659. The quantitative estimate of drug-likeness (QED) is 0.552. The molecule has 42 valence electrons. The van der Waals surface area contributed by atoms with E-state index in [2.05, 4.69) is 4.98 Å². The van der Waals surface area contributed by atoms with Crippen molar-refractivity contribution < 1.29 is 4.79 Å². The van der Waals surface area contributed by atoms with Crippen LogP contribution < -0.4 is 4.87 Å². The van der Waals surface area contributed by atoms with Gasteiger partial charge in [0.1, 0.15) is 0 Å². The summed E-state index contributed by atoms with van der Waals surface area (Å²) >= 11 is 0.909. The molecule has 0 atom stereocenters. The van der Waals surface area contributed by atoms with Gasteiger partial charge in [-0.2, -0.15) is 0 Å². The van der Waals surface area contributed by atoms with Gasteiger partial charge in [0.15, 0.2) is 6.29 Å². The molecular weight excluding hydrogens is 126 g/mol. The van der Waals surface area contributed by atoms with Crippen LogP contribution in [0.5, 0.6) is 0 Å². The number of hydrogen-bond acceptors (Lipinski definition) is 3. The molecule has 0 saturated carbocycles. The van der Waals surface area contributed by atoms with Gasteiger partial charge < -0.3 is 4.98 Å². The van der Waals surface area contributed by atoms with Crippen molar-refractivity contribution in [3.8, 4) is 0 Å². The number of aldehydes is 1. The highest BCUT2D eigenvalue weighted by molar-refractivity contribution is 7.10. The van der Waals surface area contributed by atoms with Crippen LogP contribution in [0.4, 0.5) is 0 Å². The first-order chi connectivity index (χ1) is 3.83. The normalized spacial score (nSPS) is 9.00. The van der Waals surface area contributed by atoms with Crippen LogP contribution >= 0.6 is 11.3 Å². The molecule has 8 heavy (non-hydrogen) atoms. The first kappa shape index (κ1) is 5.24. The monoisotopic (exact) mass is 129 g/mol. The molecule has 3 nitrogen and oxygen atoms in total. The first-order valence-corrected chi connectivity index (χ1v) is 2.78. The van der Waals surface area contributed by atoms with Gasteiger partial charge >= 0.3 is 4.87 Å². The summed E-state index contributed by atoms with van der Waals surface area (Å²) in [5.41, 5.74) is 0. The molecule has 0 aliphatic heterocycles. The second kappa shape index (κ2) is 1.92. The largest absolute Gasteiger partial charge is 0.319 e. The fourth-order valence-electron chi connectivity index (χ4n) is 0.354. The van der Waals surface area contributed by atoms with E-state index in [1.54, 1.807) is 0 Å². The lowest BCUT2D eigenvalue weighted by molar-refractivity contribution is 0.112. The molecule has 1 rings (SSSR count). The zero-order valence-corrected chi connectivity index (χ0v) is 4.70. The summed E-state index contributed by atoms with van der Waals surface area (Å²) in [5, 5.41) is 0. The summed E-state index contributed by atoms with van der Waals surface area (Å²) in [5.74, 6) is 0. The second-order valence-corrected chi connectivity index (χ2v) is 2.24. The van der Waals surface area contributed by atoms with E-state index >= 15 is 0 Å². The Bertz CT molecular complexity index is 236. The summed E-state index contributed by atoms with van der Waals surface area (Å²) < 4.78 is 0. The van der Waals surface area contributed by atoms with E-state index in [0.29, 0.717) is 11.2 Å². The maximum absolute atomic E-state index is 10.3. The zero-order chi connectivity index (χ0) is 5.98. The number of aromatic amines is 1.